The van der Waals surface area contributed by atoms with Gasteiger partial charge >= 0.3 is 7.12 Å². The van der Waals surface area contributed by atoms with Crippen molar-refractivity contribution < 1.29 is 10.0 Å². The van der Waals surface area contributed by atoms with E-state index in [2.05, 4.69) is 25.4 Å². The van der Waals surface area contributed by atoms with Gasteiger partial charge in [-0.2, -0.15) is 0 Å². The third-order valence-electron chi connectivity index (χ3n) is 1.70. The Balaban J connectivity index is -0.000000217. The van der Waals surface area contributed by atoms with E-state index >= 15 is 0 Å². The molecular weight excluding hydrogens is 294 g/mol. The highest BCUT2D eigenvalue weighted by Gasteiger charge is 1.96. The molecule has 0 aliphatic carbocycles. The van der Waals surface area contributed by atoms with Crippen molar-refractivity contribution in [3.8, 4) is 0 Å². The Kier molecular flexibility index (Phi) is 32.6. The predicted octanol–water partition coefficient (Wildman–Crippen LogP) is 5.12. The molecule has 0 amide bonds. The minimum absolute atomic E-state index is 0.417. The van der Waals surface area contributed by atoms with Crippen molar-refractivity contribution in [2.45, 2.75) is 33.5 Å². The van der Waals surface area contributed by atoms with Gasteiger partial charge in [0.1, 0.15) is 0 Å². The molecule has 0 bridgehead atoms. The molecule has 0 radical (unpaired) electrons. The van der Waals surface area contributed by atoms with Crippen LogP contribution in [0, 0.1) is 0 Å². The van der Waals surface area contributed by atoms with Gasteiger partial charge in [-0.15, -0.1) is 11.6 Å². The molecule has 4 heteroatoms. The molecule has 2 rings (SSSR count). The van der Waals surface area contributed by atoms with Crippen LogP contribution in [0.25, 0.3) is 0 Å². The van der Waals surface area contributed by atoms with Gasteiger partial charge in [0.2, 0.25) is 0 Å². The molecule has 0 saturated carbocycles. The van der Waals surface area contributed by atoms with Gasteiger partial charge in [0, 0.05) is 6.38 Å². The number of hydrogen-bond donors (Lipinski definition) is 2. The van der Waals surface area contributed by atoms with Crippen molar-refractivity contribution in [1.82, 2.24) is 0 Å². The number of alkyl halides is 1. The molecule has 124 valence electrons. The van der Waals surface area contributed by atoms with Crippen molar-refractivity contribution in [3.63, 3.8) is 0 Å². The molecule has 22 heavy (non-hydrogen) atoms. The highest BCUT2D eigenvalue weighted by molar-refractivity contribution is 6.40. The standard InChI is InChI=1S/2C6H6.C3H8.C2H7BO2.CH3Cl/c2*1-2-4-6-5-3-1;1-3-2;1-2-3(4)5;1-2/h2*1-6H;3H2,1-2H3;4-5H,2H2,1H3;1H3. The summed E-state index contributed by atoms with van der Waals surface area (Å²) in [5.74, 6) is 0. The molecule has 0 heterocycles. The maximum atomic E-state index is 7.92. The van der Waals surface area contributed by atoms with Gasteiger partial charge in [0.25, 0.3) is 0 Å². The summed E-state index contributed by atoms with van der Waals surface area (Å²) in [4.78, 5) is 0. The summed E-state index contributed by atoms with van der Waals surface area (Å²) < 4.78 is 0. The summed E-state index contributed by atoms with van der Waals surface area (Å²) in [6.07, 6.45) is 3.14. The van der Waals surface area contributed by atoms with Crippen LogP contribution in [-0.4, -0.2) is 23.5 Å². The summed E-state index contributed by atoms with van der Waals surface area (Å²) >= 11 is 4.64. The van der Waals surface area contributed by atoms with Crippen molar-refractivity contribution in [2.24, 2.45) is 0 Å². The maximum absolute atomic E-state index is 7.92. The number of halogens is 1. The third kappa shape index (κ3) is 36.3. The van der Waals surface area contributed by atoms with Gasteiger partial charge in [0.15, 0.2) is 0 Å². The maximum Gasteiger partial charge on any atom is 0.451 e. The summed E-state index contributed by atoms with van der Waals surface area (Å²) in [5.41, 5.74) is 0. The van der Waals surface area contributed by atoms with Crippen molar-refractivity contribution >= 4 is 18.7 Å². The van der Waals surface area contributed by atoms with Gasteiger partial charge in [0.05, 0.1) is 0 Å². The lowest BCUT2D eigenvalue weighted by Gasteiger charge is -1.81. The van der Waals surface area contributed by atoms with E-state index in [1.807, 2.05) is 72.8 Å². The van der Waals surface area contributed by atoms with Crippen LogP contribution in [0.15, 0.2) is 72.8 Å². The SMILES string of the molecule is CCB(O)O.CCC.CCl.c1ccccc1.c1ccccc1. The van der Waals surface area contributed by atoms with Crippen LogP contribution < -0.4 is 0 Å². The monoisotopic (exact) mass is 324 g/mol. The average Bonchev–Trinajstić information content (AvgIpc) is 2.61. The molecule has 0 fully saturated rings. The van der Waals surface area contributed by atoms with Crippen LogP contribution in [0.5, 0.6) is 0 Å². The molecule has 0 aliphatic heterocycles. The Morgan fingerprint density at radius 2 is 0.682 bits per heavy atom. The first kappa shape index (κ1) is 25.7. The molecule has 0 aliphatic rings. The Labute approximate surface area is 141 Å². The minimum Gasteiger partial charge on any atom is -0.427 e. The van der Waals surface area contributed by atoms with Gasteiger partial charge < -0.3 is 10.0 Å². The zero-order valence-electron chi connectivity index (χ0n) is 14.2. The van der Waals surface area contributed by atoms with Crippen molar-refractivity contribution in [3.05, 3.63) is 72.8 Å². The van der Waals surface area contributed by atoms with E-state index in [0.29, 0.717) is 6.32 Å². The second-order valence-corrected chi connectivity index (χ2v) is 3.91. The van der Waals surface area contributed by atoms with Crippen LogP contribution in [0.1, 0.15) is 27.2 Å². The lowest BCUT2D eigenvalue weighted by molar-refractivity contribution is 0.408. The molecule has 0 atom stereocenters. The van der Waals surface area contributed by atoms with Crippen molar-refractivity contribution in [2.75, 3.05) is 6.38 Å². The molecular formula is C18H30BClO2. The van der Waals surface area contributed by atoms with E-state index in [9.17, 15) is 0 Å². The Bertz CT molecular complexity index is 260. The largest absolute Gasteiger partial charge is 0.451 e. The molecule has 2 aromatic carbocycles. The lowest BCUT2D eigenvalue weighted by atomic mass is 9.88. The van der Waals surface area contributed by atoms with Gasteiger partial charge in [-0.25, -0.2) is 0 Å². The fourth-order valence-electron chi connectivity index (χ4n) is 0.770. The highest BCUT2D eigenvalue weighted by atomic mass is 35.5. The van der Waals surface area contributed by atoms with E-state index in [4.69, 9.17) is 10.0 Å². The fraction of sp³-hybridized carbons (Fsp3) is 0.333. The van der Waals surface area contributed by atoms with Gasteiger partial charge in [-0.1, -0.05) is 100.0 Å². The molecule has 0 aromatic heterocycles. The summed E-state index contributed by atoms with van der Waals surface area (Å²) in [5, 5.41) is 15.8. The first-order valence-electron chi connectivity index (χ1n) is 7.42. The fourth-order valence-corrected chi connectivity index (χ4v) is 0.770. The summed E-state index contributed by atoms with van der Waals surface area (Å²) in [6, 6.07) is 24.0. The zero-order valence-corrected chi connectivity index (χ0v) is 14.9. The second kappa shape index (κ2) is 28.0. The molecule has 2 nitrogen and oxygen atoms in total. The minimum atomic E-state index is -1.12. The van der Waals surface area contributed by atoms with E-state index in [1.54, 1.807) is 6.92 Å². The van der Waals surface area contributed by atoms with Crippen LogP contribution in [0.2, 0.25) is 6.32 Å². The smallest absolute Gasteiger partial charge is 0.427 e. The quantitative estimate of drug-likeness (QED) is 0.564. The number of rotatable bonds is 1. The molecule has 0 saturated heterocycles. The average molecular weight is 325 g/mol. The topological polar surface area (TPSA) is 40.5 Å². The second-order valence-electron chi connectivity index (χ2n) is 3.91. The summed E-state index contributed by atoms with van der Waals surface area (Å²) in [7, 11) is -1.12. The molecule has 0 spiro atoms. The first-order valence-corrected chi connectivity index (χ1v) is 8.18. The van der Waals surface area contributed by atoms with Crippen LogP contribution in [0.3, 0.4) is 0 Å². The van der Waals surface area contributed by atoms with Crippen LogP contribution in [0.4, 0.5) is 0 Å². The van der Waals surface area contributed by atoms with E-state index in [0.717, 1.165) is 0 Å². The summed E-state index contributed by atoms with van der Waals surface area (Å²) in [6.45, 7) is 5.95. The van der Waals surface area contributed by atoms with Gasteiger partial charge in [-0.3, -0.25) is 0 Å². The number of hydrogen-bond acceptors (Lipinski definition) is 2. The van der Waals surface area contributed by atoms with E-state index in [-0.39, 0.29) is 0 Å². The van der Waals surface area contributed by atoms with E-state index < -0.39 is 7.12 Å². The molecule has 2 aromatic rings. The van der Waals surface area contributed by atoms with E-state index in [1.165, 1.54) is 12.8 Å². The zero-order chi connectivity index (χ0) is 17.5. The third-order valence-corrected chi connectivity index (χ3v) is 1.70. The molecule has 2 N–H and O–H groups in total. The first-order chi connectivity index (χ1) is 10.7. The normalized spacial score (nSPS) is 7.23. The highest BCUT2D eigenvalue weighted by Crippen LogP contribution is 1.80. The Morgan fingerprint density at radius 3 is 0.727 bits per heavy atom. The molecule has 0 unspecified atom stereocenters. The Morgan fingerprint density at radius 1 is 0.591 bits per heavy atom. The predicted molar refractivity (Wildman–Crippen MR) is 101 cm³/mol. The van der Waals surface area contributed by atoms with Crippen LogP contribution >= 0.6 is 11.6 Å². The number of benzene rings is 2. The van der Waals surface area contributed by atoms with Crippen molar-refractivity contribution in [1.29, 1.82) is 0 Å². The Hall–Kier alpha value is -1.29. The van der Waals surface area contributed by atoms with Gasteiger partial charge in [-0.05, 0) is 6.32 Å². The van der Waals surface area contributed by atoms with Crippen LogP contribution in [-0.2, 0) is 0 Å². The lowest BCUT2D eigenvalue weighted by Crippen LogP contribution is -2.06.